The summed E-state index contributed by atoms with van der Waals surface area (Å²) in [5.41, 5.74) is 3.65. The molecule has 0 fully saturated rings. The summed E-state index contributed by atoms with van der Waals surface area (Å²) in [6.07, 6.45) is 2.30. The van der Waals surface area contributed by atoms with Gasteiger partial charge in [-0.15, -0.1) is 6.42 Å². The molecule has 0 saturated heterocycles. The molecular weight excluding hydrogens is 395 g/mol. The molecule has 0 unspecified atom stereocenters. The highest BCUT2D eigenvalue weighted by Crippen LogP contribution is 2.28. The Morgan fingerprint density at radius 2 is 1.97 bits per heavy atom. The summed E-state index contributed by atoms with van der Waals surface area (Å²) in [6, 6.07) is 14.7. The minimum atomic E-state index is -4.62. The molecule has 1 aliphatic heterocycles. The number of esters is 1. The van der Waals surface area contributed by atoms with Crippen molar-refractivity contribution in [3.8, 4) is 18.0 Å². The summed E-state index contributed by atoms with van der Waals surface area (Å²) in [5, 5.41) is 0. The number of carbonyl (C=O) groups excluding carboxylic acids is 1. The summed E-state index contributed by atoms with van der Waals surface area (Å²) in [7, 11) is 0. The number of alkyl halides is 3. The normalized spacial score (nSPS) is 12.8. The largest absolute Gasteiger partial charge is 0.451 e. The molecule has 0 amide bonds. The van der Waals surface area contributed by atoms with Crippen LogP contribution in [0.4, 0.5) is 13.2 Å². The molecule has 1 aliphatic rings. The van der Waals surface area contributed by atoms with E-state index in [9.17, 15) is 18.0 Å². The van der Waals surface area contributed by atoms with Crippen LogP contribution in [0.1, 0.15) is 32.9 Å². The lowest BCUT2D eigenvalue weighted by atomic mass is 9.98. The highest BCUT2D eigenvalue weighted by molar-refractivity contribution is 6.15. The number of imidazole rings is 1. The van der Waals surface area contributed by atoms with Crippen molar-refractivity contribution in [2.24, 2.45) is 4.99 Å². The Kier molecular flexibility index (Phi) is 4.88. The second-order valence-electron chi connectivity index (χ2n) is 6.51. The van der Waals surface area contributed by atoms with Gasteiger partial charge in [0.25, 0.3) is 0 Å². The maximum Gasteiger partial charge on any atom is 0.422 e. The Hall–Kier alpha value is -3.86. The number of aromatic nitrogens is 2. The Morgan fingerprint density at radius 3 is 2.67 bits per heavy atom. The number of ether oxygens (including phenoxy) is 1. The van der Waals surface area contributed by atoms with Crippen LogP contribution >= 0.6 is 0 Å². The molecule has 0 N–H and O–H groups in total. The lowest BCUT2D eigenvalue weighted by molar-refractivity contribution is -0.161. The molecule has 4 rings (SSSR count). The molecule has 5 nitrogen and oxygen atoms in total. The molecule has 150 valence electrons. The minimum Gasteiger partial charge on any atom is -0.451 e. The molecule has 2 aromatic carbocycles. The molecule has 1 aromatic heterocycles. The maximum atomic E-state index is 12.4. The van der Waals surface area contributed by atoms with Crippen LogP contribution in [0, 0.1) is 12.3 Å². The Balaban J connectivity index is 1.82. The van der Waals surface area contributed by atoms with Crippen LogP contribution in [0.2, 0.25) is 0 Å². The van der Waals surface area contributed by atoms with Gasteiger partial charge < -0.3 is 4.74 Å². The summed E-state index contributed by atoms with van der Waals surface area (Å²) < 4.78 is 43.3. The zero-order valence-corrected chi connectivity index (χ0v) is 15.5. The predicted molar refractivity (Wildman–Crippen MR) is 104 cm³/mol. The molecule has 0 atom stereocenters. The molecule has 0 bridgehead atoms. The van der Waals surface area contributed by atoms with Crippen molar-refractivity contribution in [2.45, 2.75) is 12.7 Å². The highest BCUT2D eigenvalue weighted by Gasteiger charge is 2.32. The van der Waals surface area contributed by atoms with E-state index in [1.54, 1.807) is 22.8 Å². The number of fused-ring (bicyclic) bond motifs is 3. The smallest absolute Gasteiger partial charge is 0.422 e. The molecular formula is C22H14F3N3O2. The number of halogens is 3. The monoisotopic (exact) mass is 409 g/mol. The fraction of sp³-hybridized carbons (Fsp3) is 0.136. The lowest BCUT2D eigenvalue weighted by Gasteiger charge is -2.12. The van der Waals surface area contributed by atoms with Crippen LogP contribution in [-0.2, 0) is 11.3 Å². The maximum absolute atomic E-state index is 12.4. The van der Waals surface area contributed by atoms with Crippen molar-refractivity contribution in [3.63, 3.8) is 0 Å². The van der Waals surface area contributed by atoms with E-state index in [1.165, 1.54) is 6.33 Å². The number of carbonyl (C=O) groups is 1. The van der Waals surface area contributed by atoms with Crippen molar-refractivity contribution in [3.05, 3.63) is 82.9 Å². The molecule has 0 radical (unpaired) electrons. The van der Waals surface area contributed by atoms with E-state index in [0.29, 0.717) is 22.7 Å². The van der Waals surface area contributed by atoms with Crippen molar-refractivity contribution >= 4 is 11.7 Å². The summed E-state index contributed by atoms with van der Waals surface area (Å²) >= 11 is 0. The van der Waals surface area contributed by atoms with Gasteiger partial charge in [-0.25, -0.2) is 9.78 Å². The molecule has 0 saturated carbocycles. The third kappa shape index (κ3) is 3.70. The van der Waals surface area contributed by atoms with Gasteiger partial charge in [-0.2, -0.15) is 13.2 Å². The van der Waals surface area contributed by atoms with Gasteiger partial charge in [-0.1, -0.05) is 36.3 Å². The van der Waals surface area contributed by atoms with Crippen LogP contribution in [0.25, 0.3) is 5.69 Å². The number of aliphatic imine (C=N–C) groups is 1. The first-order valence-corrected chi connectivity index (χ1v) is 8.89. The van der Waals surface area contributed by atoms with Gasteiger partial charge >= 0.3 is 12.1 Å². The molecule has 2 heterocycles. The summed E-state index contributed by atoms with van der Waals surface area (Å²) in [4.78, 5) is 20.9. The standard InChI is InChI=1S/C22H14F3N3O2/c1-2-14-8-9-17-16(10-14)19(15-6-4-3-5-7-15)26-11-18-20(27-13-28(17)18)21(29)30-12-22(23,24)25/h1,3-10,13H,11-12H2. The van der Waals surface area contributed by atoms with Crippen molar-refractivity contribution in [1.82, 2.24) is 9.55 Å². The van der Waals surface area contributed by atoms with Crippen molar-refractivity contribution in [2.75, 3.05) is 6.61 Å². The van der Waals surface area contributed by atoms with E-state index in [2.05, 4.69) is 20.6 Å². The molecule has 8 heteroatoms. The van der Waals surface area contributed by atoms with Crippen LogP contribution in [-0.4, -0.2) is 34.0 Å². The van der Waals surface area contributed by atoms with Crippen LogP contribution in [0.5, 0.6) is 0 Å². The van der Waals surface area contributed by atoms with Gasteiger partial charge in [0, 0.05) is 16.7 Å². The first kappa shape index (κ1) is 19.5. The zero-order valence-electron chi connectivity index (χ0n) is 15.5. The zero-order chi connectivity index (χ0) is 21.3. The quantitative estimate of drug-likeness (QED) is 0.487. The SMILES string of the molecule is C#Cc1ccc2c(c1)C(c1ccccc1)=NCc1c(C(=O)OCC(F)(F)F)ncn1-2. The fourth-order valence-corrected chi connectivity index (χ4v) is 3.23. The second-order valence-corrected chi connectivity index (χ2v) is 6.51. The number of hydrogen-bond donors (Lipinski definition) is 0. The van der Waals surface area contributed by atoms with Crippen molar-refractivity contribution in [1.29, 1.82) is 0 Å². The van der Waals surface area contributed by atoms with Crippen LogP contribution in [0.15, 0.2) is 59.9 Å². The van der Waals surface area contributed by atoms with Gasteiger partial charge in [0.1, 0.15) is 6.33 Å². The predicted octanol–water partition coefficient (Wildman–Crippen LogP) is 3.92. The van der Waals surface area contributed by atoms with Crippen molar-refractivity contribution < 1.29 is 22.7 Å². The molecule has 0 spiro atoms. The summed E-state index contributed by atoms with van der Waals surface area (Å²) in [5.74, 6) is 1.44. The van der Waals surface area contributed by atoms with E-state index in [0.717, 1.165) is 11.1 Å². The van der Waals surface area contributed by atoms with E-state index in [4.69, 9.17) is 6.42 Å². The van der Waals surface area contributed by atoms with Gasteiger partial charge in [-0.3, -0.25) is 9.56 Å². The van der Waals surface area contributed by atoms with Crippen LogP contribution < -0.4 is 0 Å². The first-order valence-electron chi connectivity index (χ1n) is 8.89. The fourth-order valence-electron chi connectivity index (χ4n) is 3.23. The summed E-state index contributed by atoms with van der Waals surface area (Å²) in [6.45, 7) is -1.65. The highest BCUT2D eigenvalue weighted by atomic mass is 19.4. The number of rotatable bonds is 3. The number of hydrogen-bond acceptors (Lipinski definition) is 4. The van der Waals surface area contributed by atoms with Gasteiger partial charge in [-0.05, 0) is 18.2 Å². The first-order chi connectivity index (χ1) is 14.4. The average molecular weight is 409 g/mol. The second kappa shape index (κ2) is 7.52. The Bertz CT molecular complexity index is 1190. The van der Waals surface area contributed by atoms with Gasteiger partial charge in [0.05, 0.1) is 23.6 Å². The molecule has 0 aliphatic carbocycles. The third-order valence-corrected chi connectivity index (χ3v) is 4.54. The van der Waals surface area contributed by atoms with E-state index < -0.39 is 18.8 Å². The van der Waals surface area contributed by atoms with E-state index in [-0.39, 0.29) is 12.2 Å². The Morgan fingerprint density at radius 1 is 1.20 bits per heavy atom. The third-order valence-electron chi connectivity index (χ3n) is 4.54. The van der Waals surface area contributed by atoms with Crippen LogP contribution in [0.3, 0.4) is 0 Å². The molecule has 3 aromatic rings. The Labute approximate surface area is 169 Å². The number of nitrogens with zero attached hydrogens (tertiary/aromatic N) is 3. The van der Waals surface area contributed by atoms with Gasteiger partial charge in [0.15, 0.2) is 12.3 Å². The minimum absolute atomic E-state index is 0.0285. The number of terminal acetylenes is 1. The van der Waals surface area contributed by atoms with E-state index in [1.807, 2.05) is 30.3 Å². The lowest BCUT2D eigenvalue weighted by Crippen LogP contribution is -2.21. The molecule has 30 heavy (non-hydrogen) atoms. The van der Waals surface area contributed by atoms with E-state index >= 15 is 0 Å². The number of benzene rings is 2. The topological polar surface area (TPSA) is 56.5 Å². The average Bonchev–Trinajstić information content (AvgIpc) is 3.09. The van der Waals surface area contributed by atoms with Gasteiger partial charge in [0.2, 0.25) is 0 Å².